The SMILES string of the molecule is CC(NS(=O)(=O)c1ccccc1)C(=O)NCCN1C(=O)S/C(=C\c2ccc(Cl)cc2Cl)C1=O. The zero-order valence-electron chi connectivity index (χ0n) is 17.2. The van der Waals surface area contributed by atoms with Crippen LogP contribution in [0.25, 0.3) is 6.08 Å². The van der Waals surface area contributed by atoms with Crippen molar-refractivity contribution in [2.24, 2.45) is 0 Å². The van der Waals surface area contributed by atoms with Crippen molar-refractivity contribution in [3.05, 3.63) is 69.0 Å². The zero-order valence-corrected chi connectivity index (χ0v) is 20.4. The lowest BCUT2D eigenvalue weighted by Gasteiger charge is -2.16. The van der Waals surface area contributed by atoms with E-state index in [0.29, 0.717) is 15.6 Å². The number of hydrogen-bond donors (Lipinski definition) is 2. The van der Waals surface area contributed by atoms with Crippen molar-refractivity contribution in [3.63, 3.8) is 0 Å². The van der Waals surface area contributed by atoms with E-state index in [9.17, 15) is 22.8 Å². The number of rotatable bonds is 8. The van der Waals surface area contributed by atoms with E-state index in [4.69, 9.17) is 23.2 Å². The number of nitrogens with zero attached hydrogens (tertiary/aromatic N) is 1. The smallest absolute Gasteiger partial charge is 0.293 e. The molecule has 1 aliphatic heterocycles. The number of nitrogens with one attached hydrogen (secondary N) is 2. The minimum absolute atomic E-state index is 0.0371. The van der Waals surface area contributed by atoms with Crippen LogP contribution in [0, 0.1) is 0 Å². The van der Waals surface area contributed by atoms with Crippen LogP contribution in [0.4, 0.5) is 4.79 Å². The Morgan fingerprint density at radius 2 is 1.85 bits per heavy atom. The number of imide groups is 1. The molecule has 0 radical (unpaired) electrons. The number of thioether (sulfide) groups is 1. The number of sulfonamides is 1. The second-order valence-electron chi connectivity index (χ2n) is 6.95. The lowest BCUT2D eigenvalue weighted by molar-refractivity contribution is -0.124. The van der Waals surface area contributed by atoms with Crippen LogP contribution in [0.5, 0.6) is 0 Å². The molecule has 0 bridgehead atoms. The molecule has 0 spiro atoms. The molecule has 1 saturated heterocycles. The van der Waals surface area contributed by atoms with Crippen LogP contribution in [0.3, 0.4) is 0 Å². The molecular formula is C21H19Cl2N3O5S2. The Labute approximate surface area is 205 Å². The molecule has 2 aromatic rings. The van der Waals surface area contributed by atoms with Gasteiger partial charge >= 0.3 is 0 Å². The molecule has 0 aliphatic carbocycles. The van der Waals surface area contributed by atoms with Crippen LogP contribution < -0.4 is 10.0 Å². The average molecular weight is 528 g/mol. The van der Waals surface area contributed by atoms with E-state index in [2.05, 4.69) is 10.0 Å². The molecule has 8 nitrogen and oxygen atoms in total. The van der Waals surface area contributed by atoms with Crippen molar-refractivity contribution in [2.75, 3.05) is 13.1 Å². The number of amides is 3. The fraction of sp³-hybridized carbons (Fsp3) is 0.190. The van der Waals surface area contributed by atoms with E-state index in [1.807, 2.05) is 0 Å². The predicted molar refractivity (Wildman–Crippen MR) is 128 cm³/mol. The third-order valence-electron chi connectivity index (χ3n) is 4.54. The first-order valence-corrected chi connectivity index (χ1v) is 12.7. The number of hydrogen-bond acceptors (Lipinski definition) is 6. The maximum absolute atomic E-state index is 12.6. The number of carbonyl (C=O) groups is 3. The van der Waals surface area contributed by atoms with Gasteiger partial charge in [-0.15, -0.1) is 0 Å². The Balaban J connectivity index is 1.55. The largest absolute Gasteiger partial charge is 0.353 e. The Bertz CT molecular complexity index is 1220. The summed E-state index contributed by atoms with van der Waals surface area (Å²) >= 11 is 12.7. The minimum Gasteiger partial charge on any atom is -0.353 e. The maximum atomic E-state index is 12.6. The highest BCUT2D eigenvalue weighted by atomic mass is 35.5. The van der Waals surface area contributed by atoms with Gasteiger partial charge in [0.05, 0.1) is 15.8 Å². The van der Waals surface area contributed by atoms with Crippen molar-refractivity contribution >= 4 is 68.1 Å². The Morgan fingerprint density at radius 1 is 1.15 bits per heavy atom. The van der Waals surface area contributed by atoms with Gasteiger partial charge < -0.3 is 5.32 Å². The first-order chi connectivity index (χ1) is 15.6. The molecule has 3 amide bonds. The molecule has 1 heterocycles. The molecule has 1 unspecified atom stereocenters. The Hall–Kier alpha value is -2.37. The van der Waals surface area contributed by atoms with Crippen molar-refractivity contribution in [1.29, 1.82) is 0 Å². The van der Waals surface area contributed by atoms with Crippen LogP contribution >= 0.6 is 35.0 Å². The van der Waals surface area contributed by atoms with E-state index in [1.54, 1.807) is 30.3 Å². The summed E-state index contributed by atoms with van der Waals surface area (Å²) in [4.78, 5) is 38.4. The van der Waals surface area contributed by atoms with Crippen molar-refractivity contribution in [2.45, 2.75) is 17.9 Å². The topological polar surface area (TPSA) is 113 Å². The van der Waals surface area contributed by atoms with E-state index < -0.39 is 33.1 Å². The standard InChI is InChI=1S/C21H19Cl2N3O5S2/c1-13(25-33(30,31)16-5-3-2-4-6-16)19(27)24-9-10-26-20(28)18(32-21(26)29)11-14-7-8-15(22)12-17(14)23/h2-8,11-13,25H,9-10H2,1H3,(H,24,27)/b18-11-. The predicted octanol–water partition coefficient (Wildman–Crippen LogP) is 3.51. The zero-order chi connectivity index (χ0) is 24.2. The van der Waals surface area contributed by atoms with E-state index in [0.717, 1.165) is 16.7 Å². The summed E-state index contributed by atoms with van der Waals surface area (Å²) < 4.78 is 27.0. The number of benzene rings is 2. The number of carbonyl (C=O) groups excluding carboxylic acids is 3. The fourth-order valence-corrected chi connectivity index (χ4v) is 5.39. The van der Waals surface area contributed by atoms with Gasteiger partial charge in [-0.05, 0) is 54.6 Å². The number of halogens is 2. The lowest BCUT2D eigenvalue weighted by Crippen LogP contribution is -2.46. The summed E-state index contributed by atoms with van der Waals surface area (Å²) in [6.45, 7) is 1.29. The quantitative estimate of drug-likeness (QED) is 0.508. The van der Waals surface area contributed by atoms with Crippen LogP contribution in [0.2, 0.25) is 10.0 Å². The van der Waals surface area contributed by atoms with Gasteiger partial charge in [-0.25, -0.2) is 8.42 Å². The molecule has 1 atom stereocenters. The highest BCUT2D eigenvalue weighted by Gasteiger charge is 2.35. The maximum Gasteiger partial charge on any atom is 0.293 e. The highest BCUT2D eigenvalue weighted by Crippen LogP contribution is 2.33. The molecule has 2 aromatic carbocycles. The summed E-state index contributed by atoms with van der Waals surface area (Å²) in [5.41, 5.74) is 0.541. The Morgan fingerprint density at radius 3 is 2.52 bits per heavy atom. The summed E-state index contributed by atoms with van der Waals surface area (Å²) in [5, 5.41) is 2.83. The van der Waals surface area contributed by atoms with Gasteiger partial charge in [-0.2, -0.15) is 4.72 Å². The molecular weight excluding hydrogens is 509 g/mol. The molecule has 1 fully saturated rings. The third-order valence-corrected chi connectivity index (χ3v) is 7.56. The van der Waals surface area contributed by atoms with Crippen molar-refractivity contribution in [1.82, 2.24) is 14.9 Å². The molecule has 2 N–H and O–H groups in total. The van der Waals surface area contributed by atoms with Crippen molar-refractivity contribution < 1.29 is 22.8 Å². The molecule has 0 saturated carbocycles. The second kappa shape index (κ2) is 10.7. The summed E-state index contributed by atoms with van der Waals surface area (Å²) in [7, 11) is -3.87. The third kappa shape index (κ3) is 6.36. The van der Waals surface area contributed by atoms with Gasteiger partial charge in [0.2, 0.25) is 15.9 Å². The van der Waals surface area contributed by atoms with Crippen molar-refractivity contribution in [3.8, 4) is 0 Å². The van der Waals surface area contributed by atoms with Gasteiger partial charge in [0.25, 0.3) is 11.1 Å². The lowest BCUT2D eigenvalue weighted by atomic mass is 10.2. The monoisotopic (exact) mass is 527 g/mol. The molecule has 0 aromatic heterocycles. The highest BCUT2D eigenvalue weighted by molar-refractivity contribution is 8.18. The minimum atomic E-state index is -3.87. The van der Waals surface area contributed by atoms with Crippen LogP contribution in [0.1, 0.15) is 12.5 Å². The van der Waals surface area contributed by atoms with Gasteiger partial charge in [0, 0.05) is 23.1 Å². The van der Waals surface area contributed by atoms with Gasteiger partial charge in [0.1, 0.15) is 0 Å². The molecule has 174 valence electrons. The van der Waals surface area contributed by atoms with Gasteiger partial charge in [-0.1, -0.05) is 47.5 Å². The first-order valence-electron chi connectivity index (χ1n) is 9.64. The normalized spacial score (nSPS) is 16.3. The summed E-state index contributed by atoms with van der Waals surface area (Å²) in [6, 6.07) is 11.4. The molecule has 1 aliphatic rings. The average Bonchev–Trinajstić information content (AvgIpc) is 3.03. The van der Waals surface area contributed by atoms with Gasteiger partial charge in [0.15, 0.2) is 0 Å². The van der Waals surface area contributed by atoms with E-state index in [-0.39, 0.29) is 22.9 Å². The Kier molecular flexibility index (Phi) is 8.19. The van der Waals surface area contributed by atoms with E-state index >= 15 is 0 Å². The summed E-state index contributed by atoms with van der Waals surface area (Å²) in [5.74, 6) is -1.10. The molecule has 12 heteroatoms. The van der Waals surface area contributed by atoms with Crippen LogP contribution in [-0.2, 0) is 19.6 Å². The van der Waals surface area contributed by atoms with Crippen LogP contribution in [-0.4, -0.2) is 49.5 Å². The van der Waals surface area contributed by atoms with E-state index in [1.165, 1.54) is 31.2 Å². The first kappa shape index (κ1) is 25.3. The van der Waals surface area contributed by atoms with Crippen LogP contribution in [0.15, 0.2) is 58.3 Å². The van der Waals surface area contributed by atoms with Gasteiger partial charge in [-0.3, -0.25) is 19.3 Å². The second-order valence-corrected chi connectivity index (χ2v) is 10.5. The molecule has 33 heavy (non-hydrogen) atoms. The summed E-state index contributed by atoms with van der Waals surface area (Å²) in [6.07, 6.45) is 1.50. The fourth-order valence-electron chi connectivity index (χ4n) is 2.85. The molecule has 3 rings (SSSR count).